The first-order valence-electron chi connectivity index (χ1n) is 5.90. The summed E-state index contributed by atoms with van der Waals surface area (Å²) in [6.45, 7) is 6.98. The van der Waals surface area contributed by atoms with Gasteiger partial charge in [0, 0.05) is 11.9 Å². The van der Waals surface area contributed by atoms with Crippen LogP contribution in [0.15, 0.2) is 12.3 Å². The topological polar surface area (TPSA) is 93.5 Å². The van der Waals surface area contributed by atoms with Gasteiger partial charge in [-0.25, -0.2) is 9.59 Å². The van der Waals surface area contributed by atoms with Crippen LogP contribution in [0.25, 0.3) is 0 Å². The lowest BCUT2D eigenvalue weighted by atomic mass is 10.2. The van der Waals surface area contributed by atoms with Gasteiger partial charge in [0.15, 0.2) is 0 Å². The Morgan fingerprint density at radius 3 is 2.58 bits per heavy atom. The van der Waals surface area contributed by atoms with E-state index in [-0.39, 0.29) is 6.54 Å². The van der Waals surface area contributed by atoms with Crippen LogP contribution < -0.4 is 5.32 Å². The van der Waals surface area contributed by atoms with E-state index in [1.165, 1.54) is 4.68 Å². The molecule has 0 fully saturated rings. The number of nitrogens with one attached hydrogen (secondary N) is 1. The average molecular weight is 269 g/mol. The normalized spacial score (nSPS) is 12.8. The van der Waals surface area contributed by atoms with Crippen LogP contribution in [0, 0.1) is 6.92 Å². The van der Waals surface area contributed by atoms with E-state index in [0.29, 0.717) is 0 Å². The van der Waals surface area contributed by atoms with Crippen LogP contribution in [0.3, 0.4) is 0 Å². The lowest BCUT2D eigenvalue weighted by Crippen LogP contribution is -2.46. The average Bonchev–Trinajstić information content (AvgIpc) is 2.60. The monoisotopic (exact) mass is 269 g/mol. The van der Waals surface area contributed by atoms with Crippen LogP contribution in [0.1, 0.15) is 26.5 Å². The van der Waals surface area contributed by atoms with Crippen LogP contribution in [-0.2, 0) is 16.1 Å². The van der Waals surface area contributed by atoms with Crippen molar-refractivity contribution >= 4 is 12.1 Å². The van der Waals surface area contributed by atoms with Crippen LogP contribution in [0.2, 0.25) is 0 Å². The third-order valence-corrected chi connectivity index (χ3v) is 2.27. The van der Waals surface area contributed by atoms with Gasteiger partial charge in [-0.05, 0) is 33.8 Å². The van der Waals surface area contributed by atoms with Gasteiger partial charge in [-0.1, -0.05) is 0 Å². The molecule has 106 valence electrons. The quantitative estimate of drug-likeness (QED) is 0.855. The summed E-state index contributed by atoms with van der Waals surface area (Å²) in [6, 6.07) is 0.667. The minimum Gasteiger partial charge on any atom is -0.480 e. The van der Waals surface area contributed by atoms with Crippen molar-refractivity contribution in [1.29, 1.82) is 0 Å². The first-order valence-corrected chi connectivity index (χ1v) is 5.90. The second-order valence-electron chi connectivity index (χ2n) is 5.19. The number of aromatic nitrogens is 2. The molecular weight excluding hydrogens is 250 g/mol. The highest BCUT2D eigenvalue weighted by Gasteiger charge is 2.24. The van der Waals surface area contributed by atoms with Crippen LogP contribution in [-0.4, -0.2) is 38.6 Å². The van der Waals surface area contributed by atoms with E-state index in [4.69, 9.17) is 9.84 Å². The third-order valence-electron chi connectivity index (χ3n) is 2.27. The molecule has 19 heavy (non-hydrogen) atoms. The maximum Gasteiger partial charge on any atom is 0.408 e. The fraction of sp³-hybridized carbons (Fsp3) is 0.583. The lowest BCUT2D eigenvalue weighted by Gasteiger charge is -2.22. The highest BCUT2D eigenvalue weighted by molar-refractivity contribution is 5.79. The number of carboxylic acid groups (broad SMARTS) is 1. The molecule has 0 aromatic carbocycles. The molecule has 1 heterocycles. The van der Waals surface area contributed by atoms with Gasteiger partial charge in [-0.15, -0.1) is 0 Å². The summed E-state index contributed by atoms with van der Waals surface area (Å²) in [5.41, 5.74) is 0.145. The zero-order valence-electron chi connectivity index (χ0n) is 11.5. The molecule has 0 aliphatic heterocycles. The second kappa shape index (κ2) is 5.73. The SMILES string of the molecule is Cc1ccnn1CC(NC(=O)OC(C)(C)C)C(=O)O. The maximum absolute atomic E-state index is 11.6. The molecule has 0 aliphatic rings. The van der Waals surface area contributed by atoms with Crippen molar-refractivity contribution in [2.75, 3.05) is 0 Å². The first kappa shape index (κ1) is 15.0. The fourth-order valence-electron chi connectivity index (χ4n) is 1.40. The Balaban J connectivity index is 2.67. The number of hydrogen-bond donors (Lipinski definition) is 2. The van der Waals surface area contributed by atoms with Crippen molar-refractivity contribution in [3.63, 3.8) is 0 Å². The van der Waals surface area contributed by atoms with Crippen LogP contribution in [0.5, 0.6) is 0 Å². The predicted molar refractivity (Wildman–Crippen MR) is 67.8 cm³/mol. The number of carboxylic acids is 1. The van der Waals surface area contributed by atoms with Gasteiger partial charge in [0.05, 0.1) is 6.54 Å². The number of ether oxygens (including phenoxy) is 1. The van der Waals surface area contributed by atoms with Crippen molar-refractivity contribution in [3.8, 4) is 0 Å². The number of aryl methyl sites for hydroxylation is 1. The maximum atomic E-state index is 11.6. The molecule has 1 unspecified atom stereocenters. The largest absolute Gasteiger partial charge is 0.480 e. The summed E-state index contributed by atoms with van der Waals surface area (Å²) in [5.74, 6) is -1.14. The second-order valence-corrected chi connectivity index (χ2v) is 5.19. The molecule has 1 amide bonds. The zero-order valence-corrected chi connectivity index (χ0v) is 11.5. The van der Waals surface area contributed by atoms with Gasteiger partial charge in [-0.3, -0.25) is 4.68 Å². The van der Waals surface area contributed by atoms with E-state index in [0.717, 1.165) is 5.69 Å². The summed E-state index contributed by atoms with van der Waals surface area (Å²) in [7, 11) is 0. The number of aliphatic carboxylic acids is 1. The van der Waals surface area contributed by atoms with Crippen molar-refractivity contribution in [2.24, 2.45) is 0 Å². The van der Waals surface area contributed by atoms with Crippen LogP contribution in [0.4, 0.5) is 4.79 Å². The number of carbonyl (C=O) groups is 2. The number of rotatable bonds is 4. The Bertz CT molecular complexity index is 462. The standard InChI is InChI=1S/C12H19N3O4/c1-8-5-6-13-15(8)7-9(10(16)17)14-11(18)19-12(2,3)4/h5-6,9H,7H2,1-4H3,(H,14,18)(H,16,17). The molecule has 7 heteroatoms. The lowest BCUT2D eigenvalue weighted by molar-refractivity contribution is -0.139. The van der Waals surface area contributed by atoms with Crippen molar-refractivity contribution in [3.05, 3.63) is 18.0 Å². The molecule has 1 aromatic rings. The van der Waals surface area contributed by atoms with Gasteiger partial charge in [0.25, 0.3) is 0 Å². The number of nitrogens with zero attached hydrogens (tertiary/aromatic N) is 2. The van der Waals surface area contributed by atoms with E-state index in [1.807, 2.05) is 0 Å². The number of alkyl carbamates (subject to hydrolysis) is 1. The summed E-state index contributed by atoms with van der Waals surface area (Å²) < 4.78 is 6.53. The third kappa shape index (κ3) is 4.99. The van der Waals surface area contributed by atoms with Gasteiger partial charge < -0.3 is 15.2 Å². The van der Waals surface area contributed by atoms with Crippen LogP contribution >= 0.6 is 0 Å². The first-order chi connectivity index (χ1) is 8.69. The minimum atomic E-state index is -1.14. The zero-order chi connectivity index (χ0) is 14.6. The minimum absolute atomic E-state index is 0.0490. The Hall–Kier alpha value is -2.05. The molecule has 1 rings (SSSR count). The molecule has 1 atom stereocenters. The van der Waals surface area contributed by atoms with Gasteiger partial charge in [0.1, 0.15) is 11.6 Å². The Morgan fingerprint density at radius 1 is 1.53 bits per heavy atom. The Kier molecular flexibility index (Phi) is 4.52. The number of amides is 1. The van der Waals surface area contributed by atoms with E-state index in [2.05, 4.69) is 10.4 Å². The Labute approximate surface area is 111 Å². The molecule has 0 bridgehead atoms. The number of hydrogen-bond acceptors (Lipinski definition) is 4. The molecule has 1 aromatic heterocycles. The molecule has 0 saturated heterocycles. The highest BCUT2D eigenvalue weighted by Crippen LogP contribution is 2.07. The number of carbonyl (C=O) groups excluding carboxylic acids is 1. The smallest absolute Gasteiger partial charge is 0.408 e. The van der Waals surface area contributed by atoms with Crippen molar-refractivity contribution in [2.45, 2.75) is 45.9 Å². The van der Waals surface area contributed by atoms with E-state index >= 15 is 0 Å². The van der Waals surface area contributed by atoms with E-state index < -0.39 is 23.7 Å². The molecule has 0 radical (unpaired) electrons. The highest BCUT2D eigenvalue weighted by atomic mass is 16.6. The van der Waals surface area contributed by atoms with Gasteiger partial charge in [-0.2, -0.15) is 5.10 Å². The summed E-state index contributed by atoms with van der Waals surface area (Å²) in [6.07, 6.45) is 0.812. The van der Waals surface area contributed by atoms with Gasteiger partial charge >= 0.3 is 12.1 Å². The van der Waals surface area contributed by atoms with Gasteiger partial charge in [0.2, 0.25) is 0 Å². The predicted octanol–water partition coefficient (Wildman–Crippen LogP) is 1.17. The van der Waals surface area contributed by atoms with Crippen molar-refractivity contribution < 1.29 is 19.4 Å². The van der Waals surface area contributed by atoms with E-state index in [9.17, 15) is 9.59 Å². The summed E-state index contributed by atoms with van der Waals surface area (Å²) in [4.78, 5) is 22.7. The molecule has 0 aliphatic carbocycles. The van der Waals surface area contributed by atoms with Crippen molar-refractivity contribution in [1.82, 2.24) is 15.1 Å². The summed E-state index contributed by atoms with van der Waals surface area (Å²) in [5, 5.41) is 15.4. The van der Waals surface area contributed by atoms with E-state index in [1.54, 1.807) is 40.0 Å². The molecule has 2 N–H and O–H groups in total. The molecule has 7 nitrogen and oxygen atoms in total. The molecule has 0 saturated carbocycles. The summed E-state index contributed by atoms with van der Waals surface area (Å²) >= 11 is 0. The Morgan fingerprint density at radius 2 is 2.16 bits per heavy atom. The molecular formula is C12H19N3O4. The fourth-order valence-corrected chi connectivity index (χ4v) is 1.40. The molecule has 0 spiro atoms.